The molecule has 0 saturated heterocycles. The SMILES string of the molecule is O=C1c2oc3ccc(Br)cc3c(=O)c2[C@@H](c2ccc([N+](=O)[O-])cc2)N1Cc1ccc2c(c1)OCO2. The Morgan fingerprint density at radius 2 is 1.77 bits per heavy atom. The van der Waals surface area contributed by atoms with Gasteiger partial charge in [-0.05, 0) is 53.6 Å². The first-order chi connectivity index (χ1) is 16.9. The van der Waals surface area contributed by atoms with Crippen LogP contribution in [0.1, 0.15) is 33.3 Å². The highest BCUT2D eigenvalue weighted by Crippen LogP contribution is 2.41. The molecule has 0 bridgehead atoms. The van der Waals surface area contributed by atoms with Gasteiger partial charge in [-0.15, -0.1) is 0 Å². The zero-order chi connectivity index (χ0) is 24.3. The molecule has 1 aromatic heterocycles. The van der Waals surface area contributed by atoms with Gasteiger partial charge < -0.3 is 18.8 Å². The van der Waals surface area contributed by atoms with E-state index in [2.05, 4.69) is 15.9 Å². The highest BCUT2D eigenvalue weighted by Gasteiger charge is 2.43. The van der Waals surface area contributed by atoms with Crippen LogP contribution in [0.4, 0.5) is 5.69 Å². The summed E-state index contributed by atoms with van der Waals surface area (Å²) in [6.45, 7) is 0.277. The van der Waals surface area contributed by atoms with Crippen LogP contribution in [0.2, 0.25) is 0 Å². The molecular formula is C25H15BrN2O7. The Morgan fingerprint density at radius 3 is 2.54 bits per heavy atom. The van der Waals surface area contributed by atoms with E-state index in [-0.39, 0.29) is 35.8 Å². The van der Waals surface area contributed by atoms with Crippen molar-refractivity contribution >= 4 is 38.5 Å². The van der Waals surface area contributed by atoms with E-state index in [9.17, 15) is 19.7 Å². The van der Waals surface area contributed by atoms with Crippen molar-refractivity contribution in [2.75, 3.05) is 6.79 Å². The molecule has 1 amide bonds. The first-order valence-corrected chi connectivity index (χ1v) is 11.4. The molecule has 2 aliphatic heterocycles. The van der Waals surface area contributed by atoms with Gasteiger partial charge in [0.25, 0.3) is 11.6 Å². The second kappa shape index (κ2) is 7.95. The van der Waals surface area contributed by atoms with Gasteiger partial charge in [0, 0.05) is 23.2 Å². The molecule has 6 rings (SSSR count). The predicted molar refractivity (Wildman–Crippen MR) is 128 cm³/mol. The van der Waals surface area contributed by atoms with Crippen LogP contribution in [-0.2, 0) is 6.54 Å². The standard InChI is InChI=1S/C25H15BrN2O7/c26-15-4-8-18-17(10-15)23(29)21-22(14-2-5-16(6-3-14)28(31)32)27(25(30)24(21)35-18)11-13-1-7-19-20(9-13)34-12-33-19/h1-10,22H,11-12H2/t22-/m1/s1. The van der Waals surface area contributed by atoms with E-state index < -0.39 is 16.9 Å². The molecule has 0 saturated carbocycles. The van der Waals surface area contributed by atoms with Crippen LogP contribution in [0.25, 0.3) is 11.0 Å². The molecule has 35 heavy (non-hydrogen) atoms. The Kier molecular flexibility index (Phi) is 4.85. The minimum absolute atomic E-state index is 0.0334. The molecular weight excluding hydrogens is 520 g/mol. The molecule has 4 aromatic rings. The maximum Gasteiger partial charge on any atom is 0.291 e. The van der Waals surface area contributed by atoms with Crippen LogP contribution in [0.5, 0.6) is 11.5 Å². The summed E-state index contributed by atoms with van der Waals surface area (Å²) in [5.74, 6) is 0.713. The number of non-ortho nitro benzene ring substituents is 1. The van der Waals surface area contributed by atoms with Crippen molar-refractivity contribution in [1.82, 2.24) is 4.90 Å². The maximum atomic E-state index is 13.6. The van der Waals surface area contributed by atoms with Crippen LogP contribution in [0.3, 0.4) is 0 Å². The van der Waals surface area contributed by atoms with Crippen molar-refractivity contribution in [3.63, 3.8) is 0 Å². The normalized spacial score (nSPS) is 16.1. The molecule has 10 heteroatoms. The molecule has 0 fully saturated rings. The first-order valence-electron chi connectivity index (χ1n) is 10.6. The Morgan fingerprint density at radius 1 is 1.00 bits per heavy atom. The number of hydrogen-bond acceptors (Lipinski definition) is 7. The van der Waals surface area contributed by atoms with Gasteiger partial charge >= 0.3 is 0 Å². The number of nitro benzene ring substituents is 1. The highest BCUT2D eigenvalue weighted by molar-refractivity contribution is 9.10. The number of rotatable bonds is 4. The average molecular weight is 535 g/mol. The molecule has 1 atom stereocenters. The molecule has 174 valence electrons. The summed E-state index contributed by atoms with van der Waals surface area (Å²) in [5.41, 5.74) is 1.42. The van der Waals surface area contributed by atoms with E-state index in [1.54, 1.807) is 42.5 Å². The smallest absolute Gasteiger partial charge is 0.291 e. The van der Waals surface area contributed by atoms with Crippen molar-refractivity contribution in [2.45, 2.75) is 12.6 Å². The van der Waals surface area contributed by atoms with E-state index in [0.29, 0.717) is 32.5 Å². The second-order valence-corrected chi connectivity index (χ2v) is 9.10. The number of carbonyl (C=O) groups is 1. The molecule has 0 unspecified atom stereocenters. The van der Waals surface area contributed by atoms with Crippen molar-refractivity contribution in [1.29, 1.82) is 0 Å². The quantitative estimate of drug-likeness (QED) is 0.269. The lowest BCUT2D eigenvalue weighted by molar-refractivity contribution is -0.384. The van der Waals surface area contributed by atoms with Crippen molar-refractivity contribution in [3.8, 4) is 11.5 Å². The van der Waals surface area contributed by atoms with Gasteiger partial charge in [0.1, 0.15) is 5.58 Å². The summed E-state index contributed by atoms with van der Waals surface area (Å²) in [7, 11) is 0. The average Bonchev–Trinajstić information content (AvgIpc) is 3.43. The Bertz CT molecular complexity index is 1600. The number of fused-ring (bicyclic) bond motifs is 3. The van der Waals surface area contributed by atoms with Gasteiger partial charge in [-0.25, -0.2) is 0 Å². The number of hydrogen-bond donors (Lipinski definition) is 0. The topological polar surface area (TPSA) is 112 Å². The predicted octanol–water partition coefficient (Wildman–Crippen LogP) is 4.94. The molecule has 3 aromatic carbocycles. The van der Waals surface area contributed by atoms with Crippen molar-refractivity contribution < 1.29 is 23.6 Å². The van der Waals surface area contributed by atoms with Crippen LogP contribution in [0, 0.1) is 10.1 Å². The van der Waals surface area contributed by atoms with Crippen LogP contribution in [0.15, 0.2) is 74.3 Å². The lowest BCUT2D eigenvalue weighted by atomic mass is 9.98. The molecule has 0 spiro atoms. The first kappa shape index (κ1) is 21.4. The number of ether oxygens (including phenoxy) is 2. The highest BCUT2D eigenvalue weighted by atomic mass is 79.9. The Hall–Kier alpha value is -4.18. The fourth-order valence-corrected chi connectivity index (χ4v) is 4.88. The van der Waals surface area contributed by atoms with E-state index in [4.69, 9.17) is 13.9 Å². The van der Waals surface area contributed by atoms with Gasteiger partial charge in [0.2, 0.25) is 12.6 Å². The van der Waals surface area contributed by atoms with Crippen LogP contribution >= 0.6 is 15.9 Å². The Balaban J connectivity index is 1.51. The Labute approximate surface area is 205 Å². The third-order valence-corrected chi connectivity index (χ3v) is 6.63. The van der Waals surface area contributed by atoms with E-state index in [1.165, 1.54) is 17.0 Å². The lowest BCUT2D eigenvalue weighted by Crippen LogP contribution is -2.29. The van der Waals surface area contributed by atoms with Gasteiger partial charge in [-0.2, -0.15) is 0 Å². The summed E-state index contributed by atoms with van der Waals surface area (Å²) in [5, 5.41) is 11.5. The largest absolute Gasteiger partial charge is 0.454 e. The van der Waals surface area contributed by atoms with Crippen molar-refractivity contribution in [2.24, 2.45) is 0 Å². The summed E-state index contributed by atoms with van der Waals surface area (Å²) >= 11 is 3.38. The van der Waals surface area contributed by atoms with Gasteiger partial charge in [0.15, 0.2) is 16.9 Å². The monoisotopic (exact) mass is 534 g/mol. The number of benzene rings is 3. The number of nitro groups is 1. The zero-order valence-electron chi connectivity index (χ0n) is 17.9. The molecule has 0 N–H and O–H groups in total. The fourth-order valence-electron chi connectivity index (χ4n) is 4.52. The minimum atomic E-state index is -0.789. The van der Waals surface area contributed by atoms with E-state index in [1.807, 2.05) is 6.07 Å². The number of amides is 1. The van der Waals surface area contributed by atoms with Crippen molar-refractivity contribution in [3.05, 3.63) is 108 Å². The fraction of sp³-hybridized carbons (Fsp3) is 0.120. The zero-order valence-corrected chi connectivity index (χ0v) is 19.5. The molecule has 2 aliphatic rings. The summed E-state index contributed by atoms with van der Waals surface area (Å²) in [4.78, 5) is 39.4. The van der Waals surface area contributed by atoms with Gasteiger partial charge in [-0.3, -0.25) is 19.7 Å². The summed E-state index contributed by atoms with van der Waals surface area (Å²) in [6.07, 6.45) is 0. The molecule has 0 aliphatic carbocycles. The third kappa shape index (κ3) is 3.45. The van der Waals surface area contributed by atoms with Gasteiger partial charge in [0.05, 0.1) is 21.9 Å². The van der Waals surface area contributed by atoms with Crippen LogP contribution in [-0.4, -0.2) is 22.5 Å². The lowest BCUT2D eigenvalue weighted by Gasteiger charge is -2.25. The number of carbonyl (C=O) groups excluding carboxylic acids is 1. The van der Waals surface area contributed by atoms with E-state index >= 15 is 0 Å². The molecule has 9 nitrogen and oxygen atoms in total. The summed E-state index contributed by atoms with van der Waals surface area (Å²) in [6, 6.07) is 15.4. The molecule has 0 radical (unpaired) electrons. The number of halogens is 1. The third-order valence-electron chi connectivity index (χ3n) is 6.14. The van der Waals surface area contributed by atoms with E-state index in [0.717, 1.165) is 5.56 Å². The molecule has 3 heterocycles. The summed E-state index contributed by atoms with van der Waals surface area (Å²) < 4.78 is 17.5. The minimum Gasteiger partial charge on any atom is -0.454 e. The van der Waals surface area contributed by atoms with Crippen LogP contribution < -0.4 is 14.9 Å². The second-order valence-electron chi connectivity index (χ2n) is 8.19. The maximum absolute atomic E-state index is 13.6. The number of nitrogens with zero attached hydrogens (tertiary/aromatic N) is 2. The van der Waals surface area contributed by atoms with Gasteiger partial charge in [-0.1, -0.05) is 22.0 Å².